The SMILES string of the molecule is COC(=O)c1cc(Oc2ccccc2S(=O)(=O)O)cc(C(=O)OC)c1. The van der Waals surface area contributed by atoms with E-state index in [2.05, 4.69) is 9.47 Å². The van der Waals surface area contributed by atoms with Gasteiger partial charge in [0.2, 0.25) is 0 Å². The number of esters is 2. The van der Waals surface area contributed by atoms with Crippen molar-refractivity contribution in [3.8, 4) is 11.5 Å². The summed E-state index contributed by atoms with van der Waals surface area (Å²) < 4.78 is 46.7. The summed E-state index contributed by atoms with van der Waals surface area (Å²) in [7, 11) is -2.19. The van der Waals surface area contributed by atoms with Gasteiger partial charge in [-0.05, 0) is 30.3 Å². The highest BCUT2D eigenvalue weighted by Crippen LogP contribution is 2.30. The number of para-hydroxylation sites is 1. The fraction of sp³-hybridized carbons (Fsp3) is 0.125. The first-order valence-electron chi connectivity index (χ1n) is 6.82. The summed E-state index contributed by atoms with van der Waals surface area (Å²) in [5, 5.41) is 0. The van der Waals surface area contributed by atoms with Crippen molar-refractivity contribution >= 4 is 22.1 Å². The maximum absolute atomic E-state index is 11.7. The molecular weight excluding hydrogens is 352 g/mol. The van der Waals surface area contributed by atoms with E-state index < -0.39 is 27.0 Å². The molecule has 2 aromatic carbocycles. The number of carbonyl (C=O) groups is 2. The van der Waals surface area contributed by atoms with Gasteiger partial charge in [0.05, 0.1) is 25.3 Å². The van der Waals surface area contributed by atoms with Crippen LogP contribution in [-0.2, 0) is 19.6 Å². The van der Waals surface area contributed by atoms with Gasteiger partial charge >= 0.3 is 11.9 Å². The molecule has 0 spiro atoms. The van der Waals surface area contributed by atoms with Crippen LogP contribution in [0.25, 0.3) is 0 Å². The highest BCUT2D eigenvalue weighted by molar-refractivity contribution is 7.86. The van der Waals surface area contributed by atoms with Gasteiger partial charge < -0.3 is 14.2 Å². The number of ether oxygens (including phenoxy) is 3. The van der Waals surface area contributed by atoms with Crippen LogP contribution in [0, 0.1) is 0 Å². The number of hydrogen-bond donors (Lipinski definition) is 1. The van der Waals surface area contributed by atoms with E-state index in [0.717, 1.165) is 6.07 Å². The van der Waals surface area contributed by atoms with Crippen LogP contribution in [0.5, 0.6) is 11.5 Å². The van der Waals surface area contributed by atoms with E-state index >= 15 is 0 Å². The van der Waals surface area contributed by atoms with Crippen molar-refractivity contribution in [3.63, 3.8) is 0 Å². The van der Waals surface area contributed by atoms with Crippen molar-refractivity contribution in [1.29, 1.82) is 0 Å². The molecule has 132 valence electrons. The molecule has 0 aliphatic heterocycles. The lowest BCUT2D eigenvalue weighted by molar-refractivity contribution is 0.0598. The zero-order valence-electron chi connectivity index (χ0n) is 13.3. The first kappa shape index (κ1) is 18.4. The molecule has 0 unspecified atom stereocenters. The summed E-state index contributed by atoms with van der Waals surface area (Å²) in [6, 6.07) is 9.13. The largest absolute Gasteiger partial charge is 0.465 e. The van der Waals surface area contributed by atoms with Gasteiger partial charge in [-0.2, -0.15) is 8.42 Å². The van der Waals surface area contributed by atoms with Gasteiger partial charge in [0.25, 0.3) is 10.1 Å². The Kier molecular flexibility index (Phi) is 5.40. The van der Waals surface area contributed by atoms with Gasteiger partial charge in [0.1, 0.15) is 16.4 Å². The lowest BCUT2D eigenvalue weighted by Crippen LogP contribution is -2.07. The molecule has 0 radical (unpaired) electrons. The van der Waals surface area contributed by atoms with E-state index in [-0.39, 0.29) is 22.6 Å². The summed E-state index contributed by atoms with van der Waals surface area (Å²) in [6.45, 7) is 0. The summed E-state index contributed by atoms with van der Waals surface area (Å²) in [5.41, 5.74) is 0.00877. The maximum Gasteiger partial charge on any atom is 0.338 e. The molecule has 0 amide bonds. The molecular formula is C16H14O8S. The Bertz CT molecular complexity index is 883. The van der Waals surface area contributed by atoms with Crippen molar-refractivity contribution in [3.05, 3.63) is 53.6 Å². The Morgan fingerprint density at radius 1 is 0.920 bits per heavy atom. The molecule has 0 saturated heterocycles. The van der Waals surface area contributed by atoms with Crippen LogP contribution in [0.3, 0.4) is 0 Å². The maximum atomic E-state index is 11.7. The Hall–Kier alpha value is -2.91. The number of carbonyl (C=O) groups excluding carboxylic acids is 2. The molecule has 25 heavy (non-hydrogen) atoms. The zero-order chi connectivity index (χ0) is 18.6. The summed E-state index contributed by atoms with van der Waals surface area (Å²) in [6.07, 6.45) is 0. The normalized spacial score (nSPS) is 10.8. The minimum absolute atomic E-state index is 0.00439. The smallest absolute Gasteiger partial charge is 0.338 e. The van der Waals surface area contributed by atoms with E-state index in [4.69, 9.17) is 4.74 Å². The van der Waals surface area contributed by atoms with Gasteiger partial charge in [-0.25, -0.2) is 9.59 Å². The molecule has 1 N–H and O–H groups in total. The molecule has 0 aromatic heterocycles. The Balaban J connectivity index is 2.53. The topological polar surface area (TPSA) is 116 Å². The average Bonchev–Trinajstić information content (AvgIpc) is 2.59. The number of methoxy groups -OCH3 is 2. The molecule has 0 saturated carbocycles. The number of hydrogen-bond acceptors (Lipinski definition) is 7. The van der Waals surface area contributed by atoms with Gasteiger partial charge in [0.15, 0.2) is 0 Å². The molecule has 0 aliphatic carbocycles. The number of rotatable bonds is 5. The molecule has 0 aliphatic rings. The van der Waals surface area contributed by atoms with Crippen LogP contribution in [0.4, 0.5) is 0 Å². The quantitative estimate of drug-likeness (QED) is 0.633. The summed E-state index contributed by atoms with van der Waals surface area (Å²) >= 11 is 0. The molecule has 8 nitrogen and oxygen atoms in total. The van der Waals surface area contributed by atoms with E-state index in [1.165, 1.54) is 50.6 Å². The molecule has 2 aromatic rings. The van der Waals surface area contributed by atoms with Gasteiger partial charge in [-0.3, -0.25) is 4.55 Å². The zero-order valence-corrected chi connectivity index (χ0v) is 14.1. The van der Waals surface area contributed by atoms with Crippen molar-refractivity contribution in [2.24, 2.45) is 0 Å². The first-order valence-corrected chi connectivity index (χ1v) is 8.26. The Labute approximate surface area is 143 Å². The van der Waals surface area contributed by atoms with Crippen LogP contribution in [0.1, 0.15) is 20.7 Å². The first-order chi connectivity index (χ1) is 11.8. The van der Waals surface area contributed by atoms with Crippen LogP contribution < -0.4 is 4.74 Å². The third-order valence-corrected chi connectivity index (χ3v) is 4.00. The van der Waals surface area contributed by atoms with Crippen molar-refractivity contribution in [1.82, 2.24) is 0 Å². The van der Waals surface area contributed by atoms with Crippen LogP contribution in [0.2, 0.25) is 0 Å². The van der Waals surface area contributed by atoms with Crippen molar-refractivity contribution < 1.29 is 36.8 Å². The third kappa shape index (κ3) is 4.34. The minimum Gasteiger partial charge on any atom is -0.465 e. The van der Waals surface area contributed by atoms with E-state index in [1.54, 1.807) is 0 Å². The van der Waals surface area contributed by atoms with E-state index in [0.29, 0.717) is 0 Å². The van der Waals surface area contributed by atoms with Gasteiger partial charge in [-0.15, -0.1) is 0 Å². The number of benzene rings is 2. The van der Waals surface area contributed by atoms with E-state index in [1.807, 2.05) is 0 Å². The summed E-state index contributed by atoms with van der Waals surface area (Å²) in [5.74, 6) is -1.64. The van der Waals surface area contributed by atoms with Crippen LogP contribution in [0.15, 0.2) is 47.4 Å². The summed E-state index contributed by atoms with van der Waals surface area (Å²) in [4.78, 5) is 23.0. The monoisotopic (exact) mass is 366 g/mol. The lowest BCUT2D eigenvalue weighted by atomic mass is 10.1. The molecule has 0 atom stereocenters. The predicted octanol–water partition coefficient (Wildman–Crippen LogP) is 2.30. The standard InChI is InChI=1S/C16H14O8S/c1-22-15(17)10-7-11(16(18)23-2)9-12(8-10)24-13-5-3-4-6-14(13)25(19,20)21/h3-9H,1-2H3,(H,19,20,21). The fourth-order valence-electron chi connectivity index (χ4n) is 2.00. The second-order valence-electron chi connectivity index (χ2n) is 4.75. The second-order valence-corrected chi connectivity index (χ2v) is 6.14. The van der Waals surface area contributed by atoms with Gasteiger partial charge in [0, 0.05) is 0 Å². The Morgan fingerprint density at radius 2 is 1.44 bits per heavy atom. The lowest BCUT2D eigenvalue weighted by Gasteiger charge is -2.11. The van der Waals surface area contributed by atoms with E-state index in [9.17, 15) is 22.6 Å². The minimum atomic E-state index is -4.52. The van der Waals surface area contributed by atoms with Crippen molar-refractivity contribution in [2.75, 3.05) is 14.2 Å². The Morgan fingerprint density at radius 3 is 1.92 bits per heavy atom. The van der Waals surface area contributed by atoms with Crippen molar-refractivity contribution in [2.45, 2.75) is 4.90 Å². The highest BCUT2D eigenvalue weighted by Gasteiger charge is 2.19. The average molecular weight is 366 g/mol. The molecule has 2 rings (SSSR count). The highest BCUT2D eigenvalue weighted by atomic mass is 32.2. The van der Waals surface area contributed by atoms with Crippen LogP contribution in [-0.4, -0.2) is 39.1 Å². The van der Waals surface area contributed by atoms with Gasteiger partial charge in [-0.1, -0.05) is 12.1 Å². The molecule has 0 fully saturated rings. The van der Waals surface area contributed by atoms with Crippen LogP contribution >= 0.6 is 0 Å². The third-order valence-electron chi connectivity index (χ3n) is 3.10. The molecule has 0 bridgehead atoms. The molecule has 9 heteroatoms. The second kappa shape index (κ2) is 7.32. The fourth-order valence-corrected chi connectivity index (χ4v) is 2.62. The predicted molar refractivity (Wildman–Crippen MR) is 85.5 cm³/mol. The molecule has 0 heterocycles.